The van der Waals surface area contributed by atoms with Gasteiger partial charge in [0, 0.05) is 0 Å². The predicted molar refractivity (Wildman–Crippen MR) is 42.3 cm³/mol. The van der Waals surface area contributed by atoms with E-state index >= 15 is 0 Å². The summed E-state index contributed by atoms with van der Waals surface area (Å²) in [5.74, 6) is -0.849. The second kappa shape index (κ2) is 4.01. The van der Waals surface area contributed by atoms with Crippen molar-refractivity contribution in [2.75, 3.05) is 0 Å². The van der Waals surface area contributed by atoms with E-state index in [2.05, 4.69) is 9.72 Å². The third-order valence-electron chi connectivity index (χ3n) is 1.38. The van der Waals surface area contributed by atoms with Gasteiger partial charge in [0.25, 0.3) is 0 Å². The van der Waals surface area contributed by atoms with Crippen molar-refractivity contribution in [3.05, 3.63) is 28.1 Å². The Morgan fingerprint density at radius 2 is 2.19 bits per heavy atom. The fourth-order valence-electron chi connectivity index (χ4n) is 0.849. The molecule has 84 valence electrons. The predicted octanol–water partition coefficient (Wildman–Crippen LogP) is 1.76. The van der Waals surface area contributed by atoms with Crippen LogP contribution in [0.15, 0.2) is 12.3 Å². The summed E-state index contributed by atoms with van der Waals surface area (Å²) in [5, 5.41) is 18.8. The number of hydrogen-bond donors (Lipinski definition) is 0. The van der Waals surface area contributed by atoms with E-state index in [1.165, 1.54) is 6.07 Å². The lowest BCUT2D eigenvalue weighted by atomic mass is 10.3. The zero-order valence-corrected chi connectivity index (χ0v) is 7.35. The first-order valence-corrected chi connectivity index (χ1v) is 3.64. The normalized spacial score (nSPS) is 10.6. The molecule has 0 atom stereocenters. The van der Waals surface area contributed by atoms with Gasteiger partial charge in [-0.2, -0.15) is 5.26 Å². The molecule has 16 heavy (non-hydrogen) atoms. The lowest BCUT2D eigenvalue weighted by Crippen LogP contribution is -2.17. The quantitative estimate of drug-likeness (QED) is 0.573. The Labute approximate surface area is 86.0 Å². The maximum atomic E-state index is 11.8. The van der Waals surface area contributed by atoms with Crippen molar-refractivity contribution in [3.8, 4) is 11.8 Å². The van der Waals surface area contributed by atoms with Crippen LogP contribution in [0.25, 0.3) is 0 Å². The van der Waals surface area contributed by atoms with Crippen molar-refractivity contribution in [1.82, 2.24) is 4.98 Å². The van der Waals surface area contributed by atoms with Gasteiger partial charge in [-0.05, 0) is 0 Å². The van der Waals surface area contributed by atoms with E-state index in [9.17, 15) is 23.3 Å². The third kappa shape index (κ3) is 2.81. The molecule has 9 heteroatoms. The zero-order chi connectivity index (χ0) is 12.3. The second-order valence-corrected chi connectivity index (χ2v) is 2.46. The van der Waals surface area contributed by atoms with Crippen LogP contribution in [0.5, 0.6) is 5.75 Å². The molecule has 1 aromatic rings. The monoisotopic (exact) mass is 233 g/mol. The Morgan fingerprint density at radius 1 is 1.56 bits per heavy atom. The van der Waals surface area contributed by atoms with E-state index < -0.39 is 28.4 Å². The van der Waals surface area contributed by atoms with Crippen molar-refractivity contribution in [3.63, 3.8) is 0 Å². The van der Waals surface area contributed by atoms with E-state index in [1.54, 1.807) is 0 Å². The van der Waals surface area contributed by atoms with Crippen LogP contribution in [0.1, 0.15) is 5.69 Å². The van der Waals surface area contributed by atoms with Crippen molar-refractivity contribution in [2.45, 2.75) is 6.36 Å². The van der Waals surface area contributed by atoms with E-state index in [4.69, 9.17) is 5.26 Å². The number of nitrogens with zero attached hydrogens (tertiary/aromatic N) is 3. The fourth-order valence-corrected chi connectivity index (χ4v) is 0.849. The van der Waals surface area contributed by atoms with Crippen LogP contribution in [0, 0.1) is 21.4 Å². The molecule has 0 aliphatic carbocycles. The van der Waals surface area contributed by atoms with E-state index in [1.807, 2.05) is 0 Å². The molecule has 0 bridgehead atoms. The molecular formula is C7H2F3N3O3. The molecule has 0 aliphatic heterocycles. The number of aromatic nitrogens is 1. The number of rotatable bonds is 2. The van der Waals surface area contributed by atoms with Gasteiger partial charge in [0.15, 0.2) is 5.75 Å². The Balaban J connectivity index is 3.14. The molecule has 0 saturated heterocycles. The van der Waals surface area contributed by atoms with E-state index in [-0.39, 0.29) is 0 Å². The van der Waals surface area contributed by atoms with Gasteiger partial charge < -0.3 is 4.74 Å². The molecule has 0 unspecified atom stereocenters. The van der Waals surface area contributed by atoms with Gasteiger partial charge in [0.05, 0.1) is 17.2 Å². The Kier molecular flexibility index (Phi) is 2.94. The van der Waals surface area contributed by atoms with Gasteiger partial charge in [-0.15, -0.1) is 13.2 Å². The molecule has 0 fully saturated rings. The van der Waals surface area contributed by atoms with E-state index in [0.717, 1.165) is 0 Å². The standard InChI is InChI=1S/C7H2F3N3O3/c8-7(9,10)16-4-1-6(13(14)15)5(2-11)12-3-4/h1,3H. The van der Waals surface area contributed by atoms with Crippen LogP contribution in [-0.2, 0) is 0 Å². The van der Waals surface area contributed by atoms with Gasteiger partial charge in [-0.25, -0.2) is 4.98 Å². The summed E-state index contributed by atoms with van der Waals surface area (Å²) in [6, 6.07) is 1.86. The summed E-state index contributed by atoms with van der Waals surface area (Å²) < 4.78 is 38.7. The number of hydrogen-bond acceptors (Lipinski definition) is 5. The average molecular weight is 233 g/mol. The van der Waals surface area contributed by atoms with Gasteiger partial charge >= 0.3 is 12.0 Å². The maximum Gasteiger partial charge on any atom is 0.573 e. The number of ether oxygens (including phenoxy) is 1. The summed E-state index contributed by atoms with van der Waals surface area (Å²) in [4.78, 5) is 12.5. The third-order valence-corrected chi connectivity index (χ3v) is 1.38. The van der Waals surface area contributed by atoms with E-state index in [0.29, 0.717) is 12.3 Å². The van der Waals surface area contributed by atoms with Crippen LogP contribution in [-0.4, -0.2) is 16.3 Å². The first-order chi connectivity index (χ1) is 7.33. The lowest BCUT2D eigenvalue weighted by Gasteiger charge is -2.07. The fraction of sp³-hybridized carbons (Fsp3) is 0.143. The Hall–Kier alpha value is -2.37. The summed E-state index contributed by atoms with van der Waals surface area (Å²) in [6.07, 6.45) is -4.39. The first-order valence-electron chi connectivity index (χ1n) is 3.64. The molecule has 0 spiro atoms. The minimum Gasteiger partial charge on any atom is -0.404 e. The highest BCUT2D eigenvalue weighted by atomic mass is 19.4. The number of alkyl halides is 3. The minimum absolute atomic E-state index is 0.485. The second-order valence-electron chi connectivity index (χ2n) is 2.46. The molecule has 0 aliphatic rings. The Bertz CT molecular complexity index is 466. The van der Waals surface area contributed by atoms with Crippen molar-refractivity contribution >= 4 is 5.69 Å². The van der Waals surface area contributed by atoms with Crippen molar-refractivity contribution in [2.24, 2.45) is 0 Å². The molecule has 0 saturated carbocycles. The lowest BCUT2D eigenvalue weighted by molar-refractivity contribution is -0.385. The average Bonchev–Trinajstić information content (AvgIpc) is 2.15. The summed E-state index contributed by atoms with van der Waals surface area (Å²) in [5.41, 5.74) is -1.43. The number of halogens is 3. The molecule has 0 amide bonds. The van der Waals surface area contributed by atoms with Gasteiger partial charge in [-0.1, -0.05) is 0 Å². The highest BCUT2D eigenvalue weighted by Gasteiger charge is 2.32. The molecule has 0 aromatic carbocycles. The summed E-state index contributed by atoms with van der Waals surface area (Å²) in [6.45, 7) is 0. The van der Waals surface area contributed by atoms with Crippen LogP contribution in [0.4, 0.5) is 18.9 Å². The molecule has 1 aromatic heterocycles. The Morgan fingerprint density at radius 3 is 2.62 bits per heavy atom. The highest BCUT2D eigenvalue weighted by molar-refractivity contribution is 5.47. The number of pyridine rings is 1. The molecule has 6 nitrogen and oxygen atoms in total. The van der Waals surface area contributed by atoms with Crippen LogP contribution < -0.4 is 4.74 Å². The summed E-state index contributed by atoms with van der Waals surface area (Å²) >= 11 is 0. The van der Waals surface area contributed by atoms with Crippen LogP contribution in [0.2, 0.25) is 0 Å². The number of nitro groups is 1. The SMILES string of the molecule is N#Cc1ncc(OC(F)(F)F)cc1[N+](=O)[O-]. The van der Waals surface area contributed by atoms with Gasteiger partial charge in [-0.3, -0.25) is 10.1 Å². The van der Waals surface area contributed by atoms with Gasteiger partial charge in [0.1, 0.15) is 6.07 Å². The summed E-state index contributed by atoms with van der Waals surface area (Å²) in [7, 11) is 0. The number of nitriles is 1. The van der Waals surface area contributed by atoms with Crippen molar-refractivity contribution < 1.29 is 22.8 Å². The largest absolute Gasteiger partial charge is 0.573 e. The highest BCUT2D eigenvalue weighted by Crippen LogP contribution is 2.26. The molecule has 0 radical (unpaired) electrons. The minimum atomic E-state index is -4.97. The van der Waals surface area contributed by atoms with Crippen LogP contribution in [0.3, 0.4) is 0 Å². The van der Waals surface area contributed by atoms with Crippen molar-refractivity contribution in [1.29, 1.82) is 5.26 Å². The smallest absolute Gasteiger partial charge is 0.404 e. The van der Waals surface area contributed by atoms with Crippen LogP contribution >= 0.6 is 0 Å². The molecule has 0 N–H and O–H groups in total. The zero-order valence-electron chi connectivity index (χ0n) is 7.35. The van der Waals surface area contributed by atoms with Gasteiger partial charge in [0.2, 0.25) is 5.69 Å². The first kappa shape index (κ1) is 11.7. The maximum absolute atomic E-state index is 11.8. The topological polar surface area (TPSA) is 89.0 Å². The molecular weight excluding hydrogens is 231 g/mol. The molecule has 1 heterocycles. The molecule has 1 rings (SSSR count).